The first kappa shape index (κ1) is 29.4. The summed E-state index contributed by atoms with van der Waals surface area (Å²) in [5, 5.41) is 23.3. The molecule has 3 saturated heterocycles. The molecule has 0 unspecified atom stereocenters. The molecule has 8 heterocycles. The van der Waals surface area contributed by atoms with Crippen LogP contribution in [0.3, 0.4) is 0 Å². The monoisotopic (exact) mass is 647 g/mol. The van der Waals surface area contributed by atoms with Gasteiger partial charge in [-0.3, -0.25) is 9.88 Å². The van der Waals surface area contributed by atoms with E-state index in [0.29, 0.717) is 60.9 Å². The van der Waals surface area contributed by atoms with Crippen LogP contribution in [0.2, 0.25) is 0 Å². The van der Waals surface area contributed by atoms with Crippen molar-refractivity contribution in [3.63, 3.8) is 0 Å². The van der Waals surface area contributed by atoms with Crippen LogP contribution in [0.25, 0.3) is 32.9 Å². The first-order valence-electron chi connectivity index (χ1n) is 16.5. The molecule has 2 atom stereocenters. The third-order valence-electron chi connectivity index (χ3n) is 11.3. The number of aromatic hydroxyl groups is 1. The zero-order chi connectivity index (χ0) is 32.1. The molecule has 1 spiro atoms. The number of aromatic nitrogens is 3. The molecule has 4 aromatic rings. The van der Waals surface area contributed by atoms with Crippen molar-refractivity contribution >= 4 is 27.5 Å². The van der Waals surface area contributed by atoms with E-state index in [1.807, 2.05) is 0 Å². The number of piperidine rings is 1. The summed E-state index contributed by atoms with van der Waals surface area (Å²) in [5.41, 5.74) is -1.42. The molecule has 6 aliphatic heterocycles. The highest BCUT2D eigenvalue weighted by Crippen LogP contribution is 2.54. The van der Waals surface area contributed by atoms with Gasteiger partial charge < -0.3 is 24.6 Å². The molecule has 246 valence electrons. The molecule has 2 aromatic carbocycles. The lowest BCUT2D eigenvalue weighted by atomic mass is 9.56. The molecular formula is C35H36F3N5O4. The average molecular weight is 648 g/mol. The zero-order valence-electron chi connectivity index (χ0n) is 25.9. The van der Waals surface area contributed by atoms with E-state index in [1.54, 1.807) is 0 Å². The third-order valence-corrected chi connectivity index (χ3v) is 11.3. The van der Waals surface area contributed by atoms with E-state index >= 15 is 8.78 Å². The maximum Gasteiger partial charge on any atom is 0.319 e. The van der Waals surface area contributed by atoms with Gasteiger partial charge in [-0.2, -0.15) is 9.97 Å². The number of aliphatic hydroxyl groups is 1. The number of benzene rings is 2. The van der Waals surface area contributed by atoms with Gasteiger partial charge in [-0.05, 0) is 79.5 Å². The fourth-order valence-electron chi connectivity index (χ4n) is 9.46. The average Bonchev–Trinajstić information content (AvgIpc) is 3.55. The number of ether oxygens (including phenoxy) is 2. The molecule has 7 aliphatic rings. The zero-order valence-corrected chi connectivity index (χ0v) is 25.9. The van der Waals surface area contributed by atoms with Gasteiger partial charge in [0.25, 0.3) is 0 Å². The van der Waals surface area contributed by atoms with E-state index in [0.717, 1.165) is 32.2 Å². The Balaban J connectivity index is 1.23. The lowest BCUT2D eigenvalue weighted by molar-refractivity contribution is -0.170. The van der Waals surface area contributed by atoms with Crippen LogP contribution in [-0.2, 0) is 11.3 Å². The van der Waals surface area contributed by atoms with Gasteiger partial charge in [-0.15, -0.1) is 0 Å². The quantitative estimate of drug-likeness (QED) is 0.302. The van der Waals surface area contributed by atoms with Crippen LogP contribution < -0.4 is 9.64 Å². The molecule has 0 radical (unpaired) electrons. The van der Waals surface area contributed by atoms with E-state index in [1.165, 1.54) is 30.5 Å². The number of anilines is 1. The van der Waals surface area contributed by atoms with Crippen molar-refractivity contribution in [2.75, 3.05) is 44.3 Å². The topological polar surface area (TPSA) is 104 Å². The fraction of sp³-hybridized carbons (Fsp3) is 0.514. The van der Waals surface area contributed by atoms with Crippen molar-refractivity contribution in [2.24, 2.45) is 5.41 Å². The predicted molar refractivity (Wildman–Crippen MR) is 168 cm³/mol. The molecule has 12 heteroatoms. The largest absolute Gasteiger partial charge is 0.508 e. The fourth-order valence-corrected chi connectivity index (χ4v) is 9.46. The van der Waals surface area contributed by atoms with E-state index in [4.69, 9.17) is 14.5 Å². The first-order chi connectivity index (χ1) is 22.6. The first-order valence-corrected chi connectivity index (χ1v) is 16.5. The molecule has 9 nitrogen and oxygen atoms in total. The van der Waals surface area contributed by atoms with Gasteiger partial charge in [0.1, 0.15) is 41.4 Å². The number of hydrogen-bond acceptors (Lipinski definition) is 9. The Bertz CT molecular complexity index is 1940. The second-order valence-corrected chi connectivity index (χ2v) is 14.6. The minimum atomic E-state index is -1.05. The summed E-state index contributed by atoms with van der Waals surface area (Å²) >= 11 is 0. The maximum atomic E-state index is 16.9. The van der Waals surface area contributed by atoms with E-state index in [-0.39, 0.29) is 59.3 Å². The Morgan fingerprint density at radius 3 is 2.81 bits per heavy atom. The van der Waals surface area contributed by atoms with Gasteiger partial charge in [0.15, 0.2) is 5.82 Å². The molecular weight excluding hydrogens is 611 g/mol. The smallest absolute Gasteiger partial charge is 0.319 e. The third kappa shape index (κ3) is 4.66. The van der Waals surface area contributed by atoms with Crippen LogP contribution in [0.15, 0.2) is 30.5 Å². The Labute approximate surface area is 269 Å². The van der Waals surface area contributed by atoms with Crippen molar-refractivity contribution in [2.45, 2.75) is 68.9 Å². The standard InChI is InChI=1S/C35H36F3N5O4/c36-21-11-34(6-2-8-43(34)13-21)18-47-32-40-30-24-12-39-29(28(30)38)23-10-22(44)9-20-3-4-26(37)25(27(20)23)14-46-19-35(45)15-33(16-35)5-1-7-42(17-33)31(24)41-32/h3-4,9-10,12,21,44-45H,1-2,5-8,11,13-19H2/t21-,33?,34+,35?/m1/s1. The van der Waals surface area contributed by atoms with Gasteiger partial charge in [-0.1, -0.05) is 6.07 Å². The maximum absolute atomic E-state index is 16.9. The second-order valence-electron chi connectivity index (χ2n) is 14.6. The highest BCUT2D eigenvalue weighted by molar-refractivity contribution is 6.01. The minimum Gasteiger partial charge on any atom is -0.508 e. The van der Waals surface area contributed by atoms with Gasteiger partial charge in [0, 0.05) is 43.4 Å². The van der Waals surface area contributed by atoms with Gasteiger partial charge in [0.05, 0.1) is 29.7 Å². The number of pyridine rings is 1. The predicted octanol–water partition coefficient (Wildman–Crippen LogP) is 5.43. The summed E-state index contributed by atoms with van der Waals surface area (Å²) in [4.78, 5) is 18.2. The van der Waals surface area contributed by atoms with Crippen molar-refractivity contribution < 1.29 is 32.9 Å². The number of phenolic OH excluding ortho intramolecular Hbond substituents is 1. The minimum absolute atomic E-state index is 0.00108. The highest BCUT2D eigenvalue weighted by atomic mass is 19.1. The summed E-state index contributed by atoms with van der Waals surface area (Å²) in [7, 11) is 0. The number of phenols is 1. The van der Waals surface area contributed by atoms with Gasteiger partial charge in [-0.25, -0.2) is 13.2 Å². The Morgan fingerprint density at radius 1 is 1.09 bits per heavy atom. The Hall–Kier alpha value is -3.74. The second kappa shape index (κ2) is 10.4. The van der Waals surface area contributed by atoms with Crippen molar-refractivity contribution in [3.05, 3.63) is 47.7 Å². The molecule has 2 aromatic heterocycles. The normalized spacial score (nSPS) is 30.3. The van der Waals surface area contributed by atoms with E-state index in [2.05, 4.69) is 19.8 Å². The highest BCUT2D eigenvalue weighted by Gasteiger charge is 2.55. The van der Waals surface area contributed by atoms with Crippen LogP contribution in [0.1, 0.15) is 50.5 Å². The molecule has 1 aliphatic carbocycles. The summed E-state index contributed by atoms with van der Waals surface area (Å²) < 4.78 is 59.2. The number of alkyl halides is 1. The molecule has 4 fully saturated rings. The number of hydrogen-bond donors (Lipinski definition) is 2. The van der Waals surface area contributed by atoms with Gasteiger partial charge in [0.2, 0.25) is 0 Å². The number of halogens is 3. The lowest BCUT2D eigenvalue weighted by Gasteiger charge is -2.57. The summed E-state index contributed by atoms with van der Waals surface area (Å²) in [5.74, 6) is -0.939. The van der Waals surface area contributed by atoms with Crippen LogP contribution in [0.4, 0.5) is 19.0 Å². The summed E-state index contributed by atoms with van der Waals surface area (Å²) in [6.45, 7) is 2.53. The van der Waals surface area contributed by atoms with Crippen molar-refractivity contribution in [3.8, 4) is 23.0 Å². The van der Waals surface area contributed by atoms with E-state index in [9.17, 15) is 14.6 Å². The molecule has 47 heavy (non-hydrogen) atoms. The number of rotatable bonds is 3. The van der Waals surface area contributed by atoms with Crippen LogP contribution in [0, 0.1) is 17.0 Å². The van der Waals surface area contributed by atoms with Crippen molar-refractivity contribution in [1.29, 1.82) is 0 Å². The van der Waals surface area contributed by atoms with Crippen LogP contribution in [-0.4, -0.2) is 86.8 Å². The SMILES string of the molecule is Oc1cc2c3c(c(F)ccc3c1)COCC1(O)CC3(CCCN(C3)c3nc(OC[C@@]45CCCN4C[C@H](F)C5)nc4c(F)c-2ncc34)C1. The molecule has 1 saturated carbocycles. The Morgan fingerprint density at radius 2 is 1.94 bits per heavy atom. The van der Waals surface area contributed by atoms with Gasteiger partial charge >= 0.3 is 6.01 Å². The number of fused-ring (bicyclic) bond motifs is 1. The molecule has 0 amide bonds. The summed E-state index contributed by atoms with van der Waals surface area (Å²) in [6.07, 6.45) is 5.54. The Kier molecular flexibility index (Phi) is 6.49. The number of nitrogens with zero attached hydrogens (tertiary/aromatic N) is 5. The van der Waals surface area contributed by atoms with E-state index < -0.39 is 28.9 Å². The van der Waals surface area contributed by atoms with Crippen LogP contribution in [0.5, 0.6) is 11.8 Å². The molecule has 11 rings (SSSR count). The molecule has 2 N–H and O–H groups in total. The summed E-state index contributed by atoms with van der Waals surface area (Å²) in [6, 6.07) is 5.67. The van der Waals surface area contributed by atoms with Crippen LogP contribution >= 0.6 is 0 Å². The lowest BCUT2D eigenvalue weighted by Crippen LogP contribution is -2.60. The molecule has 7 bridgehead atoms. The van der Waals surface area contributed by atoms with Crippen molar-refractivity contribution in [1.82, 2.24) is 19.9 Å².